The van der Waals surface area contributed by atoms with Gasteiger partial charge in [0.15, 0.2) is 5.82 Å². The van der Waals surface area contributed by atoms with E-state index >= 15 is 0 Å². The molecule has 1 aliphatic heterocycles. The first-order valence-corrected chi connectivity index (χ1v) is 5.05. The van der Waals surface area contributed by atoms with E-state index in [0.717, 1.165) is 31.0 Å². The van der Waals surface area contributed by atoms with Crippen molar-refractivity contribution in [1.82, 2.24) is 14.8 Å². The number of rotatable bonds is 3. The summed E-state index contributed by atoms with van der Waals surface area (Å²) in [6, 6.07) is 0.235. The molecule has 2 N–H and O–H groups in total. The molecular weight excluding hydrogens is 180 g/mol. The van der Waals surface area contributed by atoms with Crippen molar-refractivity contribution >= 4 is 0 Å². The summed E-state index contributed by atoms with van der Waals surface area (Å²) in [6.45, 7) is 4.04. The van der Waals surface area contributed by atoms with Crippen LogP contribution in [0.15, 0.2) is 0 Å². The van der Waals surface area contributed by atoms with Crippen molar-refractivity contribution in [2.75, 3.05) is 6.61 Å². The summed E-state index contributed by atoms with van der Waals surface area (Å²) in [5, 5.41) is 8.22. The number of aromatic nitrogens is 3. The van der Waals surface area contributed by atoms with E-state index in [-0.39, 0.29) is 6.04 Å². The van der Waals surface area contributed by atoms with Crippen molar-refractivity contribution in [3.63, 3.8) is 0 Å². The van der Waals surface area contributed by atoms with E-state index in [1.54, 1.807) is 0 Å². The zero-order chi connectivity index (χ0) is 9.97. The van der Waals surface area contributed by atoms with Crippen LogP contribution in [-0.2, 0) is 24.3 Å². The van der Waals surface area contributed by atoms with Crippen molar-refractivity contribution in [3.8, 4) is 0 Å². The van der Waals surface area contributed by atoms with Crippen LogP contribution in [0.3, 0.4) is 0 Å². The van der Waals surface area contributed by atoms with Crippen LogP contribution < -0.4 is 5.73 Å². The molecule has 14 heavy (non-hydrogen) atoms. The zero-order valence-corrected chi connectivity index (χ0v) is 8.44. The van der Waals surface area contributed by atoms with Gasteiger partial charge in [-0.05, 0) is 13.3 Å². The molecule has 1 unspecified atom stereocenters. The average molecular weight is 196 g/mol. The second-order valence-corrected chi connectivity index (χ2v) is 3.58. The number of aryl methyl sites for hydroxylation is 1. The van der Waals surface area contributed by atoms with E-state index < -0.39 is 0 Å². The molecule has 0 saturated heterocycles. The van der Waals surface area contributed by atoms with E-state index in [2.05, 4.69) is 14.8 Å². The van der Waals surface area contributed by atoms with Crippen molar-refractivity contribution < 1.29 is 4.74 Å². The van der Waals surface area contributed by atoms with Crippen LogP contribution in [0.2, 0.25) is 0 Å². The van der Waals surface area contributed by atoms with Gasteiger partial charge in [-0.25, -0.2) is 0 Å². The molecule has 0 bridgehead atoms. The fourth-order valence-electron chi connectivity index (χ4n) is 1.71. The van der Waals surface area contributed by atoms with E-state index in [1.807, 2.05) is 6.92 Å². The quantitative estimate of drug-likeness (QED) is 0.744. The lowest BCUT2D eigenvalue weighted by atomic mass is 10.1. The Morgan fingerprint density at radius 1 is 1.57 bits per heavy atom. The van der Waals surface area contributed by atoms with Gasteiger partial charge in [0.1, 0.15) is 12.4 Å². The first-order chi connectivity index (χ1) is 6.81. The Hall–Kier alpha value is -0.940. The van der Waals surface area contributed by atoms with Crippen molar-refractivity contribution in [2.24, 2.45) is 5.73 Å². The Balaban J connectivity index is 2.13. The predicted molar refractivity (Wildman–Crippen MR) is 51.6 cm³/mol. The van der Waals surface area contributed by atoms with Crippen molar-refractivity contribution in [1.29, 1.82) is 0 Å². The fourth-order valence-corrected chi connectivity index (χ4v) is 1.71. The van der Waals surface area contributed by atoms with Crippen molar-refractivity contribution in [2.45, 2.75) is 39.0 Å². The molecule has 0 aliphatic carbocycles. The first-order valence-electron chi connectivity index (χ1n) is 5.05. The number of nitrogens with two attached hydrogens (primary N) is 1. The van der Waals surface area contributed by atoms with E-state index in [4.69, 9.17) is 10.5 Å². The Morgan fingerprint density at radius 2 is 2.43 bits per heavy atom. The molecule has 1 aromatic heterocycles. The minimum atomic E-state index is 0.235. The lowest BCUT2D eigenvalue weighted by Gasteiger charge is -2.20. The van der Waals surface area contributed by atoms with Crippen LogP contribution in [0.4, 0.5) is 0 Å². The van der Waals surface area contributed by atoms with Crippen LogP contribution in [0, 0.1) is 0 Å². The smallest absolute Gasteiger partial charge is 0.159 e. The number of hydrogen-bond donors (Lipinski definition) is 1. The molecule has 0 spiro atoms. The second-order valence-electron chi connectivity index (χ2n) is 3.58. The third kappa shape index (κ3) is 1.78. The van der Waals surface area contributed by atoms with Crippen molar-refractivity contribution in [3.05, 3.63) is 11.6 Å². The van der Waals surface area contributed by atoms with Gasteiger partial charge in [0.2, 0.25) is 0 Å². The van der Waals surface area contributed by atoms with Crippen LogP contribution in [0.1, 0.15) is 25.0 Å². The van der Waals surface area contributed by atoms with Crippen LogP contribution in [-0.4, -0.2) is 27.4 Å². The molecule has 0 saturated carbocycles. The van der Waals surface area contributed by atoms with Gasteiger partial charge in [0.05, 0.1) is 0 Å². The lowest BCUT2D eigenvalue weighted by Crippen LogP contribution is -2.32. The van der Waals surface area contributed by atoms with Gasteiger partial charge < -0.3 is 15.0 Å². The Morgan fingerprint density at radius 3 is 3.21 bits per heavy atom. The normalized spacial score (nSPS) is 20.9. The molecular formula is C9H16N4O. The lowest BCUT2D eigenvalue weighted by molar-refractivity contribution is 0.124. The maximum atomic E-state index is 5.89. The summed E-state index contributed by atoms with van der Waals surface area (Å²) < 4.78 is 7.40. The van der Waals surface area contributed by atoms with Gasteiger partial charge in [-0.1, -0.05) is 0 Å². The molecule has 0 amide bonds. The summed E-state index contributed by atoms with van der Waals surface area (Å²) in [5.41, 5.74) is 5.89. The molecule has 2 rings (SSSR count). The molecule has 1 aromatic rings. The summed E-state index contributed by atoms with van der Waals surface area (Å²) in [6.07, 6.45) is 1.94. The number of ether oxygens (including phenoxy) is 1. The van der Waals surface area contributed by atoms with E-state index in [1.165, 1.54) is 0 Å². The first kappa shape index (κ1) is 9.61. The van der Waals surface area contributed by atoms with Crippen LogP contribution in [0.25, 0.3) is 0 Å². The number of hydrogen-bond acceptors (Lipinski definition) is 4. The predicted octanol–water partition coefficient (Wildman–Crippen LogP) is 0.0881. The third-order valence-corrected chi connectivity index (χ3v) is 2.50. The average Bonchev–Trinajstić information content (AvgIpc) is 2.57. The molecule has 5 heteroatoms. The minimum Gasteiger partial charge on any atom is -0.374 e. The molecule has 78 valence electrons. The molecule has 1 aliphatic rings. The molecule has 5 nitrogen and oxygen atoms in total. The summed E-state index contributed by atoms with van der Waals surface area (Å²) >= 11 is 0. The molecule has 0 radical (unpaired) electrons. The molecule has 0 fully saturated rings. The molecule has 0 aromatic carbocycles. The highest BCUT2D eigenvalue weighted by molar-refractivity contribution is 5.00. The van der Waals surface area contributed by atoms with Crippen LogP contribution in [0.5, 0.6) is 0 Å². The number of nitrogens with zero attached hydrogens (tertiary/aromatic N) is 3. The highest BCUT2D eigenvalue weighted by Crippen LogP contribution is 2.14. The third-order valence-electron chi connectivity index (χ3n) is 2.50. The largest absolute Gasteiger partial charge is 0.374 e. The highest BCUT2D eigenvalue weighted by atomic mass is 16.5. The Labute approximate surface area is 83.3 Å². The van der Waals surface area contributed by atoms with E-state index in [0.29, 0.717) is 13.2 Å². The van der Waals surface area contributed by atoms with E-state index in [9.17, 15) is 0 Å². The van der Waals surface area contributed by atoms with Gasteiger partial charge in [-0.2, -0.15) is 0 Å². The topological polar surface area (TPSA) is 66.0 Å². The highest BCUT2D eigenvalue weighted by Gasteiger charge is 2.19. The van der Waals surface area contributed by atoms with Gasteiger partial charge in [0.25, 0.3) is 0 Å². The van der Waals surface area contributed by atoms with Crippen LogP contribution >= 0.6 is 0 Å². The maximum absolute atomic E-state index is 5.89. The molecule has 1 atom stereocenters. The summed E-state index contributed by atoms with van der Waals surface area (Å²) in [5.74, 6) is 1.94. The maximum Gasteiger partial charge on any atom is 0.159 e. The van der Waals surface area contributed by atoms with Gasteiger partial charge in [-0.15, -0.1) is 10.2 Å². The monoisotopic (exact) mass is 196 g/mol. The standard InChI is InChI=1S/C9H16N4O/c1-2-14-6-9-12-11-8-4-3-7(10)5-13(8)9/h7H,2-6,10H2,1H3. The van der Waals surface area contributed by atoms with Gasteiger partial charge in [0, 0.05) is 25.6 Å². The van der Waals surface area contributed by atoms with Gasteiger partial charge >= 0.3 is 0 Å². The Bertz CT molecular complexity index is 310. The van der Waals surface area contributed by atoms with Gasteiger partial charge in [-0.3, -0.25) is 0 Å². The Kier molecular flexibility index (Phi) is 2.79. The summed E-state index contributed by atoms with van der Waals surface area (Å²) in [4.78, 5) is 0. The second kappa shape index (κ2) is 4.06. The minimum absolute atomic E-state index is 0.235. The number of fused-ring (bicyclic) bond motifs is 1. The molecule has 2 heterocycles. The fraction of sp³-hybridized carbons (Fsp3) is 0.778. The zero-order valence-electron chi connectivity index (χ0n) is 8.44. The SMILES string of the molecule is CCOCc1nnc2n1CC(N)CC2. The summed E-state index contributed by atoms with van der Waals surface area (Å²) in [7, 11) is 0.